The van der Waals surface area contributed by atoms with Crippen molar-refractivity contribution in [3.05, 3.63) is 53.7 Å². The molecule has 1 fully saturated rings. The van der Waals surface area contributed by atoms with Crippen molar-refractivity contribution in [3.8, 4) is 0 Å². The molecule has 2 aromatic rings. The summed E-state index contributed by atoms with van der Waals surface area (Å²) in [4.78, 5) is 34.6. The number of nitrogens with one attached hydrogen (secondary N) is 1. The van der Waals surface area contributed by atoms with Crippen LogP contribution in [-0.2, 0) is 11.3 Å². The Kier molecular flexibility index (Phi) is 5.17. The predicted molar refractivity (Wildman–Crippen MR) is 89.3 cm³/mol. The van der Waals surface area contributed by atoms with E-state index in [0.29, 0.717) is 37.6 Å². The van der Waals surface area contributed by atoms with Crippen LogP contribution in [0.15, 0.2) is 36.7 Å². The normalized spacial score (nSPS) is 14.3. The number of hydrogen-bond acceptors (Lipinski definition) is 5. The summed E-state index contributed by atoms with van der Waals surface area (Å²) in [6.07, 6.45) is 2.09. The van der Waals surface area contributed by atoms with E-state index in [9.17, 15) is 14.0 Å². The van der Waals surface area contributed by atoms with Crippen LogP contribution < -0.4 is 5.32 Å². The fourth-order valence-corrected chi connectivity index (χ4v) is 2.59. The number of carbonyl (C=O) groups is 2. The average Bonchev–Trinajstić information content (AvgIpc) is 2.67. The third-order valence-corrected chi connectivity index (χ3v) is 4.05. The van der Waals surface area contributed by atoms with Crippen molar-refractivity contribution < 1.29 is 14.0 Å². The Balaban J connectivity index is 1.64. The van der Waals surface area contributed by atoms with Gasteiger partial charge in [0.25, 0.3) is 5.91 Å². The van der Waals surface area contributed by atoms with Crippen molar-refractivity contribution in [2.24, 2.45) is 0 Å². The number of carbonyl (C=O) groups excluding carboxylic acids is 2. The maximum absolute atomic E-state index is 13.6. The van der Waals surface area contributed by atoms with E-state index in [2.05, 4.69) is 15.3 Å². The second kappa shape index (κ2) is 7.69. The van der Waals surface area contributed by atoms with E-state index in [1.165, 1.54) is 12.4 Å². The van der Waals surface area contributed by atoms with Crippen LogP contribution in [0.2, 0.25) is 0 Å². The van der Waals surface area contributed by atoms with Gasteiger partial charge in [0.1, 0.15) is 23.7 Å². The second-order valence-corrected chi connectivity index (χ2v) is 5.67. The summed E-state index contributed by atoms with van der Waals surface area (Å²) >= 11 is 0. The first-order valence-electron chi connectivity index (χ1n) is 7.95. The Morgan fingerprint density at radius 2 is 1.96 bits per heavy atom. The van der Waals surface area contributed by atoms with Crippen molar-refractivity contribution in [1.29, 1.82) is 0 Å². The van der Waals surface area contributed by atoms with Gasteiger partial charge < -0.3 is 15.1 Å². The molecule has 2 heterocycles. The lowest BCUT2D eigenvalue weighted by Crippen LogP contribution is -2.48. The number of rotatable bonds is 5. The first-order chi connectivity index (χ1) is 12.2. The van der Waals surface area contributed by atoms with Crippen LogP contribution in [0, 0.1) is 5.82 Å². The third kappa shape index (κ3) is 4.09. The molecule has 1 aliphatic heterocycles. The molecule has 1 saturated heterocycles. The van der Waals surface area contributed by atoms with E-state index < -0.39 is 0 Å². The number of benzene rings is 1. The highest BCUT2D eigenvalue weighted by Gasteiger charge is 2.22. The van der Waals surface area contributed by atoms with Crippen LogP contribution in [0.5, 0.6) is 0 Å². The number of nitrogens with zero attached hydrogens (tertiary/aromatic N) is 4. The monoisotopic (exact) mass is 343 g/mol. The molecule has 0 atom stereocenters. The van der Waals surface area contributed by atoms with E-state index in [1.807, 2.05) is 0 Å². The van der Waals surface area contributed by atoms with Gasteiger partial charge in [-0.2, -0.15) is 0 Å². The third-order valence-electron chi connectivity index (χ3n) is 4.05. The van der Waals surface area contributed by atoms with E-state index in [4.69, 9.17) is 0 Å². The number of halogens is 1. The molecule has 3 rings (SSSR count). The summed E-state index contributed by atoms with van der Waals surface area (Å²) < 4.78 is 13.6. The Morgan fingerprint density at radius 1 is 1.20 bits per heavy atom. The molecule has 0 saturated carbocycles. The van der Waals surface area contributed by atoms with Crippen molar-refractivity contribution in [3.63, 3.8) is 0 Å². The van der Waals surface area contributed by atoms with Gasteiger partial charge in [0, 0.05) is 44.4 Å². The first-order valence-corrected chi connectivity index (χ1v) is 7.95. The molecule has 0 radical (unpaired) electrons. The molecule has 8 heteroatoms. The quantitative estimate of drug-likeness (QED) is 0.824. The molecule has 1 aromatic heterocycles. The van der Waals surface area contributed by atoms with Gasteiger partial charge in [0.15, 0.2) is 0 Å². The van der Waals surface area contributed by atoms with Crippen LogP contribution in [-0.4, -0.2) is 58.3 Å². The molecule has 1 aromatic carbocycles. The van der Waals surface area contributed by atoms with Gasteiger partial charge in [-0.05, 0) is 6.07 Å². The molecule has 2 amide bonds. The van der Waals surface area contributed by atoms with Crippen LogP contribution in [0.25, 0.3) is 0 Å². The number of amides is 2. The van der Waals surface area contributed by atoms with Crippen molar-refractivity contribution >= 4 is 18.1 Å². The smallest absolute Gasteiger partial charge is 0.272 e. The zero-order valence-electron chi connectivity index (χ0n) is 13.6. The van der Waals surface area contributed by atoms with E-state index in [1.54, 1.807) is 34.1 Å². The fraction of sp³-hybridized carbons (Fsp3) is 0.294. The zero-order valence-corrected chi connectivity index (χ0v) is 13.6. The summed E-state index contributed by atoms with van der Waals surface area (Å²) in [6, 6.07) is 8.01. The van der Waals surface area contributed by atoms with Gasteiger partial charge in [0.2, 0.25) is 6.41 Å². The van der Waals surface area contributed by atoms with Crippen LogP contribution in [0.1, 0.15) is 16.1 Å². The molecule has 0 aliphatic carbocycles. The number of aromatic nitrogens is 2. The molecule has 0 spiro atoms. The number of piperazine rings is 1. The molecule has 0 bridgehead atoms. The highest BCUT2D eigenvalue weighted by molar-refractivity contribution is 5.93. The fourth-order valence-electron chi connectivity index (χ4n) is 2.59. The minimum Gasteiger partial charge on any atom is -0.366 e. The summed E-state index contributed by atoms with van der Waals surface area (Å²) in [5, 5.41) is 3.00. The first kappa shape index (κ1) is 16.8. The topological polar surface area (TPSA) is 78.4 Å². The molecule has 0 unspecified atom stereocenters. The lowest BCUT2D eigenvalue weighted by Gasteiger charge is -2.32. The lowest BCUT2D eigenvalue weighted by atomic mass is 10.2. The summed E-state index contributed by atoms with van der Waals surface area (Å²) in [6.45, 7) is 2.23. The van der Waals surface area contributed by atoms with Gasteiger partial charge >= 0.3 is 0 Å². The lowest BCUT2D eigenvalue weighted by molar-refractivity contribution is -0.119. The van der Waals surface area contributed by atoms with Gasteiger partial charge in [-0.3, -0.25) is 9.59 Å². The van der Waals surface area contributed by atoms with Crippen LogP contribution >= 0.6 is 0 Å². The minimum atomic E-state index is -0.298. The van der Waals surface area contributed by atoms with E-state index in [-0.39, 0.29) is 24.0 Å². The van der Waals surface area contributed by atoms with E-state index in [0.717, 1.165) is 6.41 Å². The molecule has 25 heavy (non-hydrogen) atoms. The second-order valence-electron chi connectivity index (χ2n) is 5.67. The summed E-state index contributed by atoms with van der Waals surface area (Å²) in [5.41, 5.74) is 0.782. The molecule has 1 N–H and O–H groups in total. The standard InChI is InChI=1S/C17H18FN5O2/c18-14-4-2-1-3-13(14)10-19-16-9-15(20-11-21-16)17(25)23-7-5-22(12-24)6-8-23/h1-4,9,11-12H,5-8,10H2,(H,19,20,21). The van der Waals surface area contributed by atoms with Gasteiger partial charge in [-0.1, -0.05) is 18.2 Å². The van der Waals surface area contributed by atoms with E-state index >= 15 is 0 Å². The Hall–Kier alpha value is -3.03. The van der Waals surface area contributed by atoms with Crippen molar-refractivity contribution in [1.82, 2.24) is 19.8 Å². The summed E-state index contributed by atoms with van der Waals surface area (Å²) in [7, 11) is 0. The highest BCUT2D eigenvalue weighted by Crippen LogP contribution is 2.12. The molecular formula is C17H18FN5O2. The molecular weight excluding hydrogens is 325 g/mol. The van der Waals surface area contributed by atoms with Crippen molar-refractivity contribution in [2.45, 2.75) is 6.54 Å². The predicted octanol–water partition coefficient (Wildman–Crippen LogP) is 1.14. The zero-order chi connectivity index (χ0) is 17.6. The maximum atomic E-state index is 13.6. The van der Waals surface area contributed by atoms with Crippen LogP contribution in [0.4, 0.5) is 10.2 Å². The minimum absolute atomic E-state index is 0.207. The maximum Gasteiger partial charge on any atom is 0.272 e. The Bertz CT molecular complexity index is 762. The number of hydrogen-bond donors (Lipinski definition) is 1. The van der Waals surface area contributed by atoms with Crippen molar-refractivity contribution in [2.75, 3.05) is 31.5 Å². The largest absolute Gasteiger partial charge is 0.366 e. The highest BCUT2D eigenvalue weighted by atomic mass is 19.1. The molecule has 1 aliphatic rings. The van der Waals surface area contributed by atoms with Gasteiger partial charge in [0.05, 0.1) is 0 Å². The molecule has 130 valence electrons. The molecule has 7 nitrogen and oxygen atoms in total. The number of anilines is 1. The van der Waals surface area contributed by atoms with Gasteiger partial charge in [-0.25, -0.2) is 14.4 Å². The summed E-state index contributed by atoms with van der Waals surface area (Å²) in [5.74, 6) is -0.0524. The Morgan fingerprint density at radius 3 is 2.68 bits per heavy atom. The Labute approximate surface area is 144 Å². The van der Waals surface area contributed by atoms with Gasteiger partial charge in [-0.15, -0.1) is 0 Å². The SMILES string of the molecule is O=CN1CCN(C(=O)c2cc(NCc3ccccc3F)ncn2)CC1. The average molecular weight is 343 g/mol. The van der Waals surface area contributed by atoms with Crippen LogP contribution in [0.3, 0.4) is 0 Å².